The Morgan fingerprint density at radius 1 is 1.38 bits per heavy atom. The molecule has 2 aromatic rings. The largest absolute Gasteiger partial charge is 0.467 e. The Morgan fingerprint density at radius 2 is 2.15 bits per heavy atom. The molecule has 3 rings (SSSR count). The van der Waals surface area contributed by atoms with Crippen LogP contribution in [0.1, 0.15) is 28.1 Å². The fourth-order valence-corrected chi connectivity index (χ4v) is 4.85. The van der Waals surface area contributed by atoms with Gasteiger partial charge in [0.05, 0.1) is 29.2 Å². The van der Waals surface area contributed by atoms with E-state index in [0.29, 0.717) is 17.7 Å². The number of furan rings is 1. The first kappa shape index (κ1) is 18.1. The van der Waals surface area contributed by atoms with Crippen LogP contribution in [0.2, 0.25) is 0 Å². The van der Waals surface area contributed by atoms with Gasteiger partial charge in [-0.25, -0.2) is 8.42 Å². The number of rotatable bonds is 5. The van der Waals surface area contributed by atoms with E-state index >= 15 is 0 Å². The van der Waals surface area contributed by atoms with Crippen molar-refractivity contribution in [3.05, 3.63) is 63.6 Å². The Morgan fingerprint density at radius 3 is 2.69 bits per heavy atom. The van der Waals surface area contributed by atoms with Gasteiger partial charge in [-0.05, 0) is 37.6 Å². The summed E-state index contributed by atoms with van der Waals surface area (Å²) in [5.74, 6) is 0.118. The van der Waals surface area contributed by atoms with Crippen LogP contribution in [0.3, 0.4) is 0 Å². The summed E-state index contributed by atoms with van der Waals surface area (Å²) >= 11 is 0. The third-order valence-electron chi connectivity index (χ3n) is 4.46. The topological polar surface area (TPSA) is 111 Å². The average Bonchev–Trinajstić information content (AvgIpc) is 3.20. The van der Waals surface area contributed by atoms with E-state index in [4.69, 9.17) is 4.42 Å². The lowest BCUT2D eigenvalue weighted by atomic mass is 10.1. The van der Waals surface area contributed by atoms with Gasteiger partial charge < -0.3 is 9.32 Å². The summed E-state index contributed by atoms with van der Waals surface area (Å²) in [7, 11) is -3.18. The Labute approximate surface area is 150 Å². The normalized spacial score (nSPS) is 18.6. The molecule has 0 bridgehead atoms. The minimum absolute atomic E-state index is 0.0406. The maximum absolute atomic E-state index is 13.0. The van der Waals surface area contributed by atoms with Crippen LogP contribution in [-0.4, -0.2) is 41.7 Å². The average molecular weight is 378 g/mol. The number of amides is 1. The highest BCUT2D eigenvalue weighted by molar-refractivity contribution is 7.91. The molecule has 1 amide bonds. The number of nitro benzene ring substituents is 1. The van der Waals surface area contributed by atoms with E-state index in [-0.39, 0.29) is 35.2 Å². The standard InChI is InChI=1S/C17H18N2O6S/c1-12-9-13(4-5-16(12)19(21)22)17(20)18(10-15-3-2-7-25-15)14-6-8-26(23,24)11-14/h2-5,7,9,14H,6,8,10-11H2,1H3/t14-/m1/s1. The molecule has 8 nitrogen and oxygen atoms in total. The van der Waals surface area contributed by atoms with Crippen molar-refractivity contribution in [1.29, 1.82) is 0 Å². The molecule has 0 aliphatic carbocycles. The number of nitrogens with zero attached hydrogens (tertiary/aromatic N) is 2. The number of sulfone groups is 1. The first-order valence-electron chi connectivity index (χ1n) is 8.05. The van der Waals surface area contributed by atoms with E-state index < -0.39 is 20.8 Å². The highest BCUT2D eigenvalue weighted by Gasteiger charge is 2.35. The molecule has 2 heterocycles. The minimum atomic E-state index is -3.18. The zero-order chi connectivity index (χ0) is 18.9. The zero-order valence-corrected chi connectivity index (χ0v) is 14.9. The lowest BCUT2D eigenvalue weighted by Crippen LogP contribution is -2.40. The zero-order valence-electron chi connectivity index (χ0n) is 14.1. The van der Waals surface area contributed by atoms with Gasteiger partial charge in [0.15, 0.2) is 9.84 Å². The smallest absolute Gasteiger partial charge is 0.272 e. The summed E-state index contributed by atoms with van der Waals surface area (Å²) in [6.45, 7) is 1.70. The van der Waals surface area contributed by atoms with Gasteiger partial charge >= 0.3 is 0 Å². The molecule has 9 heteroatoms. The lowest BCUT2D eigenvalue weighted by Gasteiger charge is -2.27. The molecule has 1 atom stereocenters. The predicted molar refractivity (Wildman–Crippen MR) is 93.5 cm³/mol. The van der Waals surface area contributed by atoms with Crippen LogP contribution in [0.4, 0.5) is 5.69 Å². The molecule has 0 saturated carbocycles. The molecule has 138 valence electrons. The maximum Gasteiger partial charge on any atom is 0.272 e. The summed E-state index contributed by atoms with van der Waals surface area (Å²) in [6, 6.07) is 7.10. The van der Waals surface area contributed by atoms with Crippen molar-refractivity contribution in [2.45, 2.75) is 25.9 Å². The molecular weight excluding hydrogens is 360 g/mol. The molecule has 1 aromatic carbocycles. The van der Waals surface area contributed by atoms with E-state index in [0.717, 1.165) is 0 Å². The quantitative estimate of drug-likeness (QED) is 0.583. The second kappa shape index (κ2) is 6.91. The van der Waals surface area contributed by atoms with Crippen LogP contribution in [0.5, 0.6) is 0 Å². The van der Waals surface area contributed by atoms with Crippen LogP contribution in [0.25, 0.3) is 0 Å². The molecule has 26 heavy (non-hydrogen) atoms. The molecular formula is C17H18N2O6S. The summed E-state index contributed by atoms with van der Waals surface area (Å²) in [5.41, 5.74) is 0.587. The van der Waals surface area contributed by atoms with E-state index in [1.807, 2.05) is 0 Å². The fraction of sp³-hybridized carbons (Fsp3) is 0.353. The van der Waals surface area contributed by atoms with Crippen LogP contribution in [-0.2, 0) is 16.4 Å². The molecule has 0 radical (unpaired) electrons. The molecule has 1 aliphatic rings. The lowest BCUT2D eigenvalue weighted by molar-refractivity contribution is -0.385. The number of carbonyl (C=O) groups excluding carboxylic acids is 1. The predicted octanol–water partition coefficient (Wildman–Crippen LogP) is 2.33. The molecule has 0 spiro atoms. The van der Waals surface area contributed by atoms with Gasteiger partial charge in [0.25, 0.3) is 11.6 Å². The van der Waals surface area contributed by atoms with Crippen molar-refractivity contribution in [2.24, 2.45) is 0 Å². The van der Waals surface area contributed by atoms with Gasteiger partial charge in [0.1, 0.15) is 5.76 Å². The fourth-order valence-electron chi connectivity index (χ4n) is 3.12. The SMILES string of the molecule is Cc1cc(C(=O)N(Cc2ccco2)[C@@H]2CCS(=O)(=O)C2)ccc1[N+](=O)[O-]. The second-order valence-electron chi connectivity index (χ2n) is 6.33. The van der Waals surface area contributed by atoms with Crippen LogP contribution in [0, 0.1) is 17.0 Å². The minimum Gasteiger partial charge on any atom is -0.467 e. The third-order valence-corrected chi connectivity index (χ3v) is 6.21. The summed E-state index contributed by atoms with van der Waals surface area (Å²) in [6.07, 6.45) is 1.85. The molecule has 1 aliphatic heterocycles. The summed E-state index contributed by atoms with van der Waals surface area (Å²) < 4.78 is 29.0. The Bertz CT molecular complexity index is 936. The van der Waals surface area contributed by atoms with E-state index in [2.05, 4.69) is 0 Å². The third kappa shape index (κ3) is 3.77. The van der Waals surface area contributed by atoms with E-state index in [9.17, 15) is 23.3 Å². The van der Waals surface area contributed by atoms with E-state index in [1.54, 1.807) is 19.1 Å². The number of aryl methyl sites for hydroxylation is 1. The highest BCUT2D eigenvalue weighted by Crippen LogP contribution is 2.25. The summed E-state index contributed by atoms with van der Waals surface area (Å²) in [4.78, 5) is 25.0. The van der Waals surface area contributed by atoms with Crippen LogP contribution in [0.15, 0.2) is 41.0 Å². The van der Waals surface area contributed by atoms with Crippen molar-refractivity contribution < 1.29 is 22.6 Å². The van der Waals surface area contributed by atoms with Crippen molar-refractivity contribution >= 4 is 21.4 Å². The number of benzene rings is 1. The number of nitro groups is 1. The first-order chi connectivity index (χ1) is 12.3. The van der Waals surface area contributed by atoms with Crippen molar-refractivity contribution in [3.8, 4) is 0 Å². The molecule has 0 unspecified atom stereocenters. The molecule has 1 fully saturated rings. The second-order valence-corrected chi connectivity index (χ2v) is 8.56. The van der Waals surface area contributed by atoms with Crippen LogP contribution < -0.4 is 0 Å². The summed E-state index contributed by atoms with van der Waals surface area (Å²) in [5, 5.41) is 11.0. The number of hydrogen-bond donors (Lipinski definition) is 0. The Kier molecular flexibility index (Phi) is 4.82. The van der Waals surface area contributed by atoms with Gasteiger partial charge in [-0.15, -0.1) is 0 Å². The first-order valence-corrected chi connectivity index (χ1v) is 9.88. The molecule has 1 aromatic heterocycles. The number of hydrogen-bond acceptors (Lipinski definition) is 6. The van der Waals surface area contributed by atoms with Crippen LogP contribution >= 0.6 is 0 Å². The maximum atomic E-state index is 13.0. The van der Waals surface area contributed by atoms with Gasteiger partial charge in [-0.1, -0.05) is 0 Å². The Balaban J connectivity index is 1.92. The van der Waals surface area contributed by atoms with Crippen molar-refractivity contribution in [2.75, 3.05) is 11.5 Å². The van der Waals surface area contributed by atoms with Gasteiger partial charge in [-0.3, -0.25) is 14.9 Å². The van der Waals surface area contributed by atoms with Crippen molar-refractivity contribution in [3.63, 3.8) is 0 Å². The van der Waals surface area contributed by atoms with Gasteiger partial charge in [0.2, 0.25) is 0 Å². The number of carbonyl (C=O) groups is 1. The molecule has 1 saturated heterocycles. The van der Waals surface area contributed by atoms with Gasteiger partial charge in [-0.2, -0.15) is 0 Å². The van der Waals surface area contributed by atoms with Crippen molar-refractivity contribution in [1.82, 2.24) is 4.90 Å². The Hall–Kier alpha value is -2.68. The highest BCUT2D eigenvalue weighted by atomic mass is 32.2. The molecule has 0 N–H and O–H groups in total. The van der Waals surface area contributed by atoms with E-state index in [1.165, 1.54) is 29.4 Å². The monoisotopic (exact) mass is 378 g/mol. The van der Waals surface area contributed by atoms with Gasteiger partial charge in [0, 0.05) is 23.2 Å².